The molecule has 134 valence electrons. The topological polar surface area (TPSA) is 70.0 Å². The van der Waals surface area contributed by atoms with Crippen LogP contribution in [0.2, 0.25) is 0 Å². The summed E-state index contributed by atoms with van der Waals surface area (Å²) in [7, 11) is 0. The van der Waals surface area contributed by atoms with E-state index in [1.165, 1.54) is 45.1 Å². The predicted octanol–water partition coefficient (Wildman–Crippen LogP) is 3.45. The van der Waals surface area contributed by atoms with E-state index in [1.807, 2.05) is 25.7 Å². The molecule has 5 heteroatoms. The van der Waals surface area contributed by atoms with Crippen molar-refractivity contribution in [3.05, 3.63) is 11.6 Å². The van der Waals surface area contributed by atoms with Crippen molar-refractivity contribution in [1.29, 1.82) is 0 Å². The number of ether oxygens (including phenoxy) is 1. The van der Waals surface area contributed by atoms with Gasteiger partial charge >= 0.3 is 6.09 Å². The number of hydrogen-bond donors (Lipinski definition) is 2. The van der Waals surface area contributed by atoms with Gasteiger partial charge in [0, 0.05) is 13.1 Å². The van der Waals surface area contributed by atoms with Crippen molar-refractivity contribution < 1.29 is 19.7 Å². The number of hydrogen-bond acceptors (Lipinski definition) is 4. The molecule has 1 saturated carbocycles. The van der Waals surface area contributed by atoms with Crippen molar-refractivity contribution in [2.75, 3.05) is 13.1 Å². The molecule has 2 rings (SSSR count). The minimum atomic E-state index is -1.50. The first-order valence-corrected chi connectivity index (χ1v) is 8.57. The lowest BCUT2D eigenvalue weighted by Gasteiger charge is -2.32. The molecule has 1 heterocycles. The van der Waals surface area contributed by atoms with Gasteiger partial charge in [0.25, 0.3) is 0 Å². The Hall–Kier alpha value is -1.07. The van der Waals surface area contributed by atoms with Crippen LogP contribution in [-0.4, -0.2) is 45.7 Å². The van der Waals surface area contributed by atoms with Crippen LogP contribution in [0.25, 0.3) is 0 Å². The van der Waals surface area contributed by atoms with Gasteiger partial charge in [-0.3, -0.25) is 0 Å². The van der Waals surface area contributed by atoms with Crippen LogP contribution in [0.5, 0.6) is 0 Å². The molecule has 0 spiro atoms. The van der Waals surface area contributed by atoms with E-state index in [1.54, 1.807) is 0 Å². The Balaban J connectivity index is 0.000000463. The van der Waals surface area contributed by atoms with Crippen molar-refractivity contribution in [1.82, 2.24) is 4.90 Å². The summed E-state index contributed by atoms with van der Waals surface area (Å²) in [5.41, 5.74) is 1.07. The number of carbonyl (C=O) groups is 1. The number of nitrogens with zero attached hydrogens (tertiary/aromatic N) is 1. The zero-order chi connectivity index (χ0) is 17.7. The molecule has 1 amide bonds. The molecule has 1 aliphatic carbocycles. The summed E-state index contributed by atoms with van der Waals surface area (Å²) in [6.45, 7) is 9.93. The van der Waals surface area contributed by atoms with Crippen LogP contribution in [0.15, 0.2) is 11.6 Å². The smallest absolute Gasteiger partial charge is 0.410 e. The molecule has 0 saturated heterocycles. The van der Waals surface area contributed by atoms with Crippen molar-refractivity contribution in [3.8, 4) is 0 Å². The van der Waals surface area contributed by atoms with Gasteiger partial charge in [0.1, 0.15) is 5.60 Å². The second-order valence-electron chi connectivity index (χ2n) is 7.95. The molecular formula is C18H33NO4. The molecule has 0 bridgehead atoms. The minimum Gasteiger partial charge on any atom is -0.444 e. The van der Waals surface area contributed by atoms with Gasteiger partial charge in [0.2, 0.25) is 0 Å². The summed E-state index contributed by atoms with van der Waals surface area (Å²) >= 11 is 0. The number of rotatable bonds is 1. The molecule has 0 atom stereocenters. The molecule has 1 aliphatic heterocycles. The fraction of sp³-hybridized carbons (Fsp3) is 0.833. The fourth-order valence-corrected chi connectivity index (χ4v) is 2.84. The lowest BCUT2D eigenvalue weighted by atomic mass is 9.94. The first-order valence-electron chi connectivity index (χ1n) is 8.57. The molecule has 0 aromatic carbocycles. The van der Waals surface area contributed by atoms with Crippen LogP contribution in [0, 0.1) is 5.92 Å². The van der Waals surface area contributed by atoms with Crippen LogP contribution in [0.4, 0.5) is 4.79 Å². The Kier molecular flexibility index (Phi) is 7.08. The van der Waals surface area contributed by atoms with Crippen LogP contribution in [0.3, 0.4) is 0 Å². The second kappa shape index (κ2) is 8.15. The van der Waals surface area contributed by atoms with Crippen molar-refractivity contribution in [3.63, 3.8) is 0 Å². The predicted molar refractivity (Wildman–Crippen MR) is 91.0 cm³/mol. The maximum Gasteiger partial charge on any atom is 0.410 e. The van der Waals surface area contributed by atoms with E-state index in [2.05, 4.69) is 6.08 Å². The highest BCUT2D eigenvalue weighted by molar-refractivity contribution is 5.68. The summed E-state index contributed by atoms with van der Waals surface area (Å²) in [6, 6.07) is 0. The first-order chi connectivity index (χ1) is 10.5. The van der Waals surface area contributed by atoms with E-state index in [9.17, 15) is 4.79 Å². The molecule has 23 heavy (non-hydrogen) atoms. The van der Waals surface area contributed by atoms with Gasteiger partial charge in [-0.2, -0.15) is 0 Å². The van der Waals surface area contributed by atoms with Gasteiger partial charge in [-0.15, -0.1) is 0 Å². The van der Waals surface area contributed by atoms with E-state index in [0.717, 1.165) is 25.4 Å². The Morgan fingerprint density at radius 3 is 2.17 bits per heavy atom. The van der Waals surface area contributed by atoms with Crippen LogP contribution >= 0.6 is 0 Å². The molecule has 0 aromatic rings. The Morgan fingerprint density at radius 1 is 1.17 bits per heavy atom. The maximum absolute atomic E-state index is 12.1. The highest BCUT2D eigenvalue weighted by Gasteiger charge is 2.28. The molecular weight excluding hydrogens is 294 g/mol. The Labute approximate surface area is 140 Å². The van der Waals surface area contributed by atoms with E-state index >= 15 is 0 Å². The monoisotopic (exact) mass is 327 g/mol. The highest BCUT2D eigenvalue weighted by atomic mass is 16.6. The fourth-order valence-electron chi connectivity index (χ4n) is 2.84. The standard InChI is InChI=1S/C15H25NO2.C3H8O2/c1-15(2,3)18-14(17)16-10-6-9-13(11-16)12-7-4-5-8-12;1-3(2,4)5/h9,12H,4-8,10-11H2,1-3H3;4-5H,1-2H3. The zero-order valence-corrected chi connectivity index (χ0v) is 15.3. The average Bonchev–Trinajstić information content (AvgIpc) is 2.88. The molecule has 2 N–H and O–H groups in total. The molecule has 2 aliphatic rings. The molecule has 1 fully saturated rings. The third-order valence-corrected chi connectivity index (χ3v) is 3.71. The third-order valence-electron chi connectivity index (χ3n) is 3.71. The Bertz CT molecular complexity index is 406. The molecule has 5 nitrogen and oxygen atoms in total. The third kappa shape index (κ3) is 8.96. The van der Waals surface area contributed by atoms with Crippen LogP contribution in [-0.2, 0) is 4.74 Å². The van der Waals surface area contributed by atoms with Crippen molar-refractivity contribution >= 4 is 6.09 Å². The lowest BCUT2D eigenvalue weighted by molar-refractivity contribution is -0.127. The normalized spacial score (nSPS) is 19.8. The quantitative estimate of drug-likeness (QED) is 0.572. The Morgan fingerprint density at radius 2 is 1.70 bits per heavy atom. The lowest BCUT2D eigenvalue weighted by Crippen LogP contribution is -2.40. The van der Waals surface area contributed by atoms with E-state index < -0.39 is 11.4 Å². The van der Waals surface area contributed by atoms with E-state index in [4.69, 9.17) is 14.9 Å². The second-order valence-corrected chi connectivity index (χ2v) is 7.95. The largest absolute Gasteiger partial charge is 0.444 e. The first kappa shape index (κ1) is 20.0. The van der Waals surface area contributed by atoms with E-state index in [-0.39, 0.29) is 6.09 Å². The van der Waals surface area contributed by atoms with Crippen LogP contribution < -0.4 is 0 Å². The minimum absolute atomic E-state index is 0.161. The van der Waals surface area contributed by atoms with Crippen molar-refractivity contribution in [2.24, 2.45) is 5.92 Å². The summed E-state index contributed by atoms with van der Waals surface area (Å²) in [5.74, 6) is -0.782. The number of aliphatic hydroxyl groups is 2. The van der Waals surface area contributed by atoms with Gasteiger partial charge in [0.15, 0.2) is 5.79 Å². The van der Waals surface area contributed by atoms with Gasteiger partial charge in [-0.1, -0.05) is 24.5 Å². The van der Waals surface area contributed by atoms with Gasteiger partial charge in [0.05, 0.1) is 0 Å². The average molecular weight is 327 g/mol. The summed E-state index contributed by atoms with van der Waals surface area (Å²) in [5, 5.41) is 16.2. The summed E-state index contributed by atoms with van der Waals surface area (Å²) in [6.07, 6.45) is 8.44. The molecule has 0 aromatic heterocycles. The van der Waals surface area contributed by atoms with E-state index in [0.29, 0.717) is 0 Å². The number of amides is 1. The SMILES string of the molecule is CC(C)(C)OC(=O)N1CCC=C(C2CCCC2)C1.CC(C)(O)O. The summed E-state index contributed by atoms with van der Waals surface area (Å²) < 4.78 is 5.45. The molecule has 0 unspecified atom stereocenters. The maximum atomic E-state index is 12.1. The summed E-state index contributed by atoms with van der Waals surface area (Å²) in [4.78, 5) is 13.9. The van der Waals surface area contributed by atoms with Crippen molar-refractivity contribution in [2.45, 2.75) is 78.1 Å². The number of carbonyl (C=O) groups excluding carboxylic acids is 1. The van der Waals surface area contributed by atoms with Gasteiger partial charge < -0.3 is 19.8 Å². The highest BCUT2D eigenvalue weighted by Crippen LogP contribution is 2.33. The zero-order valence-electron chi connectivity index (χ0n) is 15.3. The van der Waals surface area contributed by atoms with Crippen LogP contribution in [0.1, 0.15) is 66.7 Å². The van der Waals surface area contributed by atoms with Gasteiger partial charge in [-0.05, 0) is 59.8 Å². The molecule has 0 radical (unpaired) electrons. The van der Waals surface area contributed by atoms with Gasteiger partial charge in [-0.25, -0.2) is 4.79 Å².